The summed E-state index contributed by atoms with van der Waals surface area (Å²) in [5, 5.41) is 3.74. The summed E-state index contributed by atoms with van der Waals surface area (Å²) in [6, 6.07) is 11.9. The molecule has 0 aromatic heterocycles. The average Bonchev–Trinajstić information content (AvgIpc) is 3.02. The third-order valence-corrected chi connectivity index (χ3v) is 4.57. The minimum absolute atomic E-state index is 0.456. The van der Waals surface area contributed by atoms with E-state index in [1.807, 2.05) is 0 Å². The number of hydrogen-bond donors (Lipinski definition) is 1. The molecule has 2 fully saturated rings. The van der Waals surface area contributed by atoms with Crippen molar-refractivity contribution in [2.75, 3.05) is 6.54 Å². The van der Waals surface area contributed by atoms with Crippen LogP contribution in [0, 0.1) is 0 Å². The molecule has 1 aliphatic carbocycles. The van der Waals surface area contributed by atoms with Crippen LogP contribution in [-0.2, 0) is 5.41 Å². The van der Waals surface area contributed by atoms with Crippen molar-refractivity contribution in [3.8, 4) is 0 Å². The Morgan fingerprint density at radius 1 is 1.00 bits per heavy atom. The standard InChI is InChI=1S/C15H21N/c1-2-7-13(8-3-1)15(10-4-5-11-15)14-9-6-12-16-14/h1-3,7-8,14,16H,4-6,9-12H2. The lowest BCUT2D eigenvalue weighted by atomic mass is 9.72. The fraction of sp³-hybridized carbons (Fsp3) is 0.600. The molecule has 1 saturated carbocycles. The highest BCUT2D eigenvalue weighted by Crippen LogP contribution is 2.45. The Labute approximate surface area is 98.3 Å². The largest absolute Gasteiger partial charge is 0.313 e. The molecule has 1 N–H and O–H groups in total. The molecule has 16 heavy (non-hydrogen) atoms. The Kier molecular flexibility index (Phi) is 2.72. The minimum atomic E-state index is 0.456. The smallest absolute Gasteiger partial charge is 0.0164 e. The highest BCUT2D eigenvalue weighted by molar-refractivity contribution is 5.29. The first-order valence-corrected chi connectivity index (χ1v) is 6.71. The van der Waals surface area contributed by atoms with Crippen molar-refractivity contribution < 1.29 is 0 Å². The number of benzene rings is 1. The molecule has 0 radical (unpaired) electrons. The van der Waals surface area contributed by atoms with Crippen LogP contribution in [0.5, 0.6) is 0 Å². The van der Waals surface area contributed by atoms with Crippen LogP contribution in [0.4, 0.5) is 0 Å². The number of rotatable bonds is 2. The van der Waals surface area contributed by atoms with Crippen molar-refractivity contribution in [1.29, 1.82) is 0 Å². The van der Waals surface area contributed by atoms with Crippen molar-refractivity contribution in [1.82, 2.24) is 5.32 Å². The summed E-state index contributed by atoms with van der Waals surface area (Å²) in [6.07, 6.45) is 8.32. The molecular weight excluding hydrogens is 194 g/mol. The van der Waals surface area contributed by atoms with E-state index in [0.29, 0.717) is 5.41 Å². The first kappa shape index (κ1) is 10.3. The molecule has 1 heteroatoms. The van der Waals surface area contributed by atoms with Crippen LogP contribution in [0.2, 0.25) is 0 Å². The molecular formula is C15H21N. The lowest BCUT2D eigenvalue weighted by Gasteiger charge is -2.36. The highest BCUT2D eigenvalue weighted by Gasteiger charge is 2.43. The summed E-state index contributed by atoms with van der Waals surface area (Å²) in [7, 11) is 0. The third-order valence-electron chi connectivity index (χ3n) is 4.57. The quantitative estimate of drug-likeness (QED) is 0.798. The first-order chi connectivity index (χ1) is 7.92. The van der Waals surface area contributed by atoms with E-state index in [4.69, 9.17) is 0 Å². The molecule has 1 unspecified atom stereocenters. The van der Waals surface area contributed by atoms with Gasteiger partial charge in [0.15, 0.2) is 0 Å². The zero-order valence-corrected chi connectivity index (χ0v) is 9.91. The molecule has 1 saturated heterocycles. The fourth-order valence-corrected chi connectivity index (χ4v) is 3.77. The topological polar surface area (TPSA) is 12.0 Å². The maximum absolute atomic E-state index is 3.74. The zero-order valence-electron chi connectivity index (χ0n) is 9.91. The zero-order chi connectivity index (χ0) is 10.8. The van der Waals surface area contributed by atoms with Crippen LogP contribution in [-0.4, -0.2) is 12.6 Å². The second kappa shape index (κ2) is 4.21. The van der Waals surface area contributed by atoms with Gasteiger partial charge in [0.1, 0.15) is 0 Å². The van der Waals surface area contributed by atoms with Crippen molar-refractivity contribution in [3.05, 3.63) is 35.9 Å². The molecule has 1 atom stereocenters. The van der Waals surface area contributed by atoms with E-state index in [9.17, 15) is 0 Å². The summed E-state index contributed by atoms with van der Waals surface area (Å²) in [5.74, 6) is 0. The minimum Gasteiger partial charge on any atom is -0.313 e. The maximum Gasteiger partial charge on any atom is 0.0164 e. The lowest BCUT2D eigenvalue weighted by Crippen LogP contribution is -2.43. The third kappa shape index (κ3) is 1.58. The molecule has 86 valence electrons. The Morgan fingerprint density at radius 3 is 2.38 bits per heavy atom. The van der Waals surface area contributed by atoms with Crippen molar-refractivity contribution in [2.24, 2.45) is 0 Å². The van der Waals surface area contributed by atoms with Gasteiger partial charge in [0, 0.05) is 11.5 Å². The molecule has 0 amide bonds. The molecule has 0 spiro atoms. The van der Waals surface area contributed by atoms with Gasteiger partial charge in [-0.1, -0.05) is 43.2 Å². The van der Waals surface area contributed by atoms with Gasteiger partial charge in [0.2, 0.25) is 0 Å². The van der Waals surface area contributed by atoms with Gasteiger partial charge in [-0.15, -0.1) is 0 Å². The second-order valence-electron chi connectivity index (χ2n) is 5.38. The van der Waals surface area contributed by atoms with Crippen LogP contribution in [0.1, 0.15) is 44.1 Å². The fourth-order valence-electron chi connectivity index (χ4n) is 3.77. The summed E-state index contributed by atoms with van der Waals surface area (Å²) in [4.78, 5) is 0. The van der Waals surface area contributed by atoms with Crippen molar-refractivity contribution in [2.45, 2.75) is 50.0 Å². The molecule has 1 heterocycles. The Balaban J connectivity index is 1.96. The Bertz CT molecular complexity index is 332. The van der Waals surface area contributed by atoms with Gasteiger partial charge in [0.25, 0.3) is 0 Å². The summed E-state index contributed by atoms with van der Waals surface area (Å²) < 4.78 is 0. The van der Waals surface area contributed by atoms with Gasteiger partial charge >= 0.3 is 0 Å². The van der Waals surface area contributed by atoms with Crippen LogP contribution in [0.15, 0.2) is 30.3 Å². The van der Waals surface area contributed by atoms with Crippen LogP contribution in [0.25, 0.3) is 0 Å². The summed E-state index contributed by atoms with van der Waals surface area (Å²) in [5.41, 5.74) is 2.03. The lowest BCUT2D eigenvalue weighted by molar-refractivity contribution is 0.323. The number of hydrogen-bond acceptors (Lipinski definition) is 1. The van der Waals surface area contributed by atoms with E-state index < -0.39 is 0 Å². The Morgan fingerprint density at radius 2 is 1.75 bits per heavy atom. The summed E-state index contributed by atoms with van der Waals surface area (Å²) in [6.45, 7) is 1.22. The second-order valence-corrected chi connectivity index (χ2v) is 5.38. The normalized spacial score (nSPS) is 28.4. The van der Waals surface area contributed by atoms with Crippen LogP contribution < -0.4 is 5.32 Å². The predicted octanol–water partition coefficient (Wildman–Crippen LogP) is 3.25. The van der Waals surface area contributed by atoms with Crippen LogP contribution in [0.3, 0.4) is 0 Å². The highest BCUT2D eigenvalue weighted by atomic mass is 15.0. The van der Waals surface area contributed by atoms with Gasteiger partial charge in [0.05, 0.1) is 0 Å². The summed E-state index contributed by atoms with van der Waals surface area (Å²) >= 11 is 0. The molecule has 1 aromatic rings. The van der Waals surface area contributed by atoms with Gasteiger partial charge in [-0.2, -0.15) is 0 Å². The maximum atomic E-state index is 3.74. The van der Waals surface area contributed by atoms with E-state index >= 15 is 0 Å². The van der Waals surface area contributed by atoms with E-state index in [0.717, 1.165) is 6.04 Å². The van der Waals surface area contributed by atoms with Gasteiger partial charge < -0.3 is 5.32 Å². The van der Waals surface area contributed by atoms with E-state index in [1.165, 1.54) is 45.1 Å². The first-order valence-electron chi connectivity index (χ1n) is 6.71. The van der Waals surface area contributed by atoms with Crippen molar-refractivity contribution in [3.63, 3.8) is 0 Å². The Hall–Kier alpha value is -0.820. The molecule has 0 bridgehead atoms. The monoisotopic (exact) mass is 215 g/mol. The number of nitrogens with one attached hydrogen (secondary N) is 1. The molecule has 3 rings (SSSR count). The predicted molar refractivity (Wildman–Crippen MR) is 67.6 cm³/mol. The SMILES string of the molecule is c1ccc(C2(C3CCCN3)CCCC2)cc1. The van der Waals surface area contributed by atoms with Gasteiger partial charge in [-0.05, 0) is 37.8 Å². The van der Waals surface area contributed by atoms with E-state index in [-0.39, 0.29) is 0 Å². The molecule has 1 nitrogen and oxygen atoms in total. The van der Waals surface area contributed by atoms with Gasteiger partial charge in [-0.25, -0.2) is 0 Å². The van der Waals surface area contributed by atoms with Crippen molar-refractivity contribution >= 4 is 0 Å². The van der Waals surface area contributed by atoms with Gasteiger partial charge in [-0.3, -0.25) is 0 Å². The van der Waals surface area contributed by atoms with E-state index in [1.54, 1.807) is 5.56 Å². The van der Waals surface area contributed by atoms with Crippen LogP contribution >= 0.6 is 0 Å². The molecule has 1 aromatic carbocycles. The molecule has 2 aliphatic rings. The molecule has 1 aliphatic heterocycles. The average molecular weight is 215 g/mol. The van der Waals surface area contributed by atoms with E-state index in [2.05, 4.69) is 35.6 Å².